The van der Waals surface area contributed by atoms with Crippen molar-refractivity contribution in [2.45, 2.75) is 72.1 Å². The summed E-state index contributed by atoms with van der Waals surface area (Å²) < 4.78 is 7.31. The Balaban J connectivity index is 1.11. The minimum Gasteiger partial charge on any atom is -0.444 e. The lowest BCUT2D eigenvalue weighted by Gasteiger charge is -2.38. The van der Waals surface area contributed by atoms with Gasteiger partial charge in [-0.05, 0) is 70.5 Å². The van der Waals surface area contributed by atoms with Crippen LogP contribution in [0.2, 0.25) is 0 Å². The number of amides is 2. The van der Waals surface area contributed by atoms with E-state index in [1.165, 1.54) is 0 Å². The van der Waals surface area contributed by atoms with Gasteiger partial charge in [0.1, 0.15) is 23.8 Å². The summed E-state index contributed by atoms with van der Waals surface area (Å²) in [6.07, 6.45) is 5.62. The third-order valence-corrected chi connectivity index (χ3v) is 8.02. The Morgan fingerprint density at radius 2 is 1.77 bits per heavy atom. The van der Waals surface area contributed by atoms with Gasteiger partial charge >= 0.3 is 6.09 Å². The van der Waals surface area contributed by atoms with Crippen LogP contribution in [0.25, 0.3) is 21.9 Å². The third kappa shape index (κ3) is 6.30. The molecule has 1 N–H and O–H groups in total. The van der Waals surface area contributed by atoms with Gasteiger partial charge in [0.15, 0.2) is 5.82 Å². The number of hydrogen-bond acceptors (Lipinski definition) is 8. The van der Waals surface area contributed by atoms with Crippen molar-refractivity contribution in [1.82, 2.24) is 34.5 Å². The topological polar surface area (TPSA) is 118 Å². The number of aryl methyl sites for hydroxylation is 2. The molecular formula is C32H38N8O3. The molecule has 11 heteroatoms. The highest BCUT2D eigenvalue weighted by molar-refractivity contribution is 5.89. The minimum atomic E-state index is -0.520. The van der Waals surface area contributed by atoms with Crippen molar-refractivity contribution >= 4 is 34.4 Å². The van der Waals surface area contributed by atoms with Crippen molar-refractivity contribution in [2.24, 2.45) is 0 Å². The quantitative estimate of drug-likeness (QED) is 0.356. The van der Waals surface area contributed by atoms with Crippen LogP contribution in [0.15, 0.2) is 42.7 Å². The van der Waals surface area contributed by atoms with Crippen molar-refractivity contribution in [1.29, 1.82) is 0 Å². The summed E-state index contributed by atoms with van der Waals surface area (Å²) in [5.74, 6) is 2.15. The van der Waals surface area contributed by atoms with Crippen molar-refractivity contribution < 1.29 is 14.3 Å². The second-order valence-electron chi connectivity index (χ2n) is 12.4. The Labute approximate surface area is 251 Å². The van der Waals surface area contributed by atoms with E-state index in [0.29, 0.717) is 37.7 Å². The Kier molecular flexibility index (Phi) is 7.49. The zero-order valence-corrected chi connectivity index (χ0v) is 25.4. The number of aromatic nitrogens is 5. The molecule has 0 radical (unpaired) electrons. The maximum Gasteiger partial charge on any atom is 0.410 e. The molecule has 1 fully saturated rings. The van der Waals surface area contributed by atoms with Crippen LogP contribution >= 0.6 is 0 Å². The van der Waals surface area contributed by atoms with E-state index in [1.807, 2.05) is 64.0 Å². The zero-order chi connectivity index (χ0) is 30.3. The van der Waals surface area contributed by atoms with Crippen molar-refractivity contribution in [3.05, 3.63) is 59.9 Å². The number of anilines is 2. The van der Waals surface area contributed by atoms with Crippen molar-refractivity contribution in [3.8, 4) is 11.1 Å². The molecule has 2 aliphatic rings. The Hall–Kier alpha value is -4.54. The van der Waals surface area contributed by atoms with E-state index in [-0.39, 0.29) is 24.6 Å². The molecule has 1 saturated heterocycles. The number of benzene rings is 1. The number of carbonyl (C=O) groups excluding carboxylic acids is 2. The molecule has 0 bridgehead atoms. The van der Waals surface area contributed by atoms with Crippen LogP contribution in [0.4, 0.5) is 16.4 Å². The van der Waals surface area contributed by atoms with Gasteiger partial charge in [0.2, 0.25) is 5.91 Å². The SMILES string of the molecule is Cc1ncc(-c2ccc3cnc(Nc4cc5n(n4)CC(=O)N(C4CCN(C(=O)OC(C)(C)C)CC4)CC5)cc3c2)c(C)n1. The molecule has 5 heterocycles. The van der Waals surface area contributed by atoms with Gasteiger partial charge in [-0.2, -0.15) is 5.10 Å². The number of ether oxygens (including phenoxy) is 1. The molecular weight excluding hydrogens is 544 g/mol. The van der Waals surface area contributed by atoms with Gasteiger partial charge < -0.3 is 19.9 Å². The van der Waals surface area contributed by atoms with Crippen molar-refractivity contribution in [2.75, 3.05) is 25.0 Å². The predicted octanol–water partition coefficient (Wildman–Crippen LogP) is 5.03. The van der Waals surface area contributed by atoms with Crippen LogP contribution in [0.3, 0.4) is 0 Å². The highest BCUT2D eigenvalue weighted by Crippen LogP contribution is 2.28. The summed E-state index contributed by atoms with van der Waals surface area (Å²) in [7, 11) is 0. The van der Waals surface area contributed by atoms with Gasteiger partial charge in [0.25, 0.3) is 0 Å². The number of carbonyl (C=O) groups is 2. The largest absolute Gasteiger partial charge is 0.444 e. The second kappa shape index (κ2) is 11.3. The molecule has 1 aromatic carbocycles. The molecule has 0 unspecified atom stereocenters. The molecule has 4 aromatic rings. The van der Waals surface area contributed by atoms with Crippen molar-refractivity contribution in [3.63, 3.8) is 0 Å². The average molecular weight is 583 g/mol. The highest BCUT2D eigenvalue weighted by Gasteiger charge is 2.33. The number of nitrogens with one attached hydrogen (secondary N) is 1. The second-order valence-corrected chi connectivity index (χ2v) is 12.4. The maximum absolute atomic E-state index is 13.3. The van der Waals surface area contributed by atoms with Gasteiger partial charge in [0, 0.05) is 72.9 Å². The number of rotatable bonds is 4. The number of likely N-dealkylation sites (tertiary alicyclic amines) is 1. The predicted molar refractivity (Wildman–Crippen MR) is 164 cm³/mol. The van der Waals surface area contributed by atoms with E-state index >= 15 is 0 Å². The Bertz CT molecular complexity index is 1680. The number of fused-ring (bicyclic) bond motifs is 2. The minimum absolute atomic E-state index is 0.0517. The molecule has 0 spiro atoms. The molecule has 224 valence electrons. The Morgan fingerprint density at radius 3 is 2.51 bits per heavy atom. The van der Waals surface area contributed by atoms with Gasteiger partial charge in [0.05, 0.1) is 0 Å². The molecule has 0 atom stereocenters. The van der Waals surface area contributed by atoms with E-state index in [9.17, 15) is 9.59 Å². The summed E-state index contributed by atoms with van der Waals surface area (Å²) in [5.41, 5.74) is 3.48. The summed E-state index contributed by atoms with van der Waals surface area (Å²) in [6, 6.07) is 10.3. The summed E-state index contributed by atoms with van der Waals surface area (Å²) >= 11 is 0. The molecule has 0 saturated carbocycles. The number of nitrogens with zero attached hydrogens (tertiary/aromatic N) is 7. The first-order chi connectivity index (χ1) is 20.5. The van der Waals surface area contributed by atoms with Crippen LogP contribution in [-0.4, -0.2) is 77.8 Å². The highest BCUT2D eigenvalue weighted by atomic mass is 16.6. The van der Waals surface area contributed by atoms with Crippen LogP contribution < -0.4 is 5.32 Å². The first-order valence-electron chi connectivity index (χ1n) is 14.8. The van der Waals surface area contributed by atoms with Crippen LogP contribution in [0, 0.1) is 13.8 Å². The lowest BCUT2D eigenvalue weighted by Crippen LogP contribution is -2.50. The smallest absolute Gasteiger partial charge is 0.410 e. The lowest BCUT2D eigenvalue weighted by molar-refractivity contribution is -0.134. The normalized spacial score (nSPS) is 16.3. The van der Waals surface area contributed by atoms with Gasteiger partial charge in [-0.1, -0.05) is 12.1 Å². The molecule has 2 amide bonds. The van der Waals surface area contributed by atoms with E-state index in [4.69, 9.17) is 9.84 Å². The van der Waals surface area contributed by atoms with Crippen LogP contribution in [-0.2, 0) is 22.5 Å². The fourth-order valence-corrected chi connectivity index (χ4v) is 5.88. The molecule has 3 aromatic heterocycles. The maximum atomic E-state index is 13.3. The summed E-state index contributed by atoms with van der Waals surface area (Å²) in [5, 5.41) is 10.1. The van der Waals surface area contributed by atoms with Gasteiger partial charge in [-0.15, -0.1) is 0 Å². The molecule has 2 aliphatic heterocycles. The monoisotopic (exact) mass is 582 g/mol. The molecule has 43 heavy (non-hydrogen) atoms. The number of hydrogen-bond donors (Lipinski definition) is 1. The molecule has 6 rings (SSSR count). The van der Waals surface area contributed by atoms with Gasteiger partial charge in [-0.3, -0.25) is 9.48 Å². The summed E-state index contributed by atoms with van der Waals surface area (Å²) in [4.78, 5) is 42.9. The van der Waals surface area contributed by atoms with E-state index in [2.05, 4.69) is 38.5 Å². The van der Waals surface area contributed by atoms with E-state index < -0.39 is 5.60 Å². The third-order valence-electron chi connectivity index (χ3n) is 8.02. The van der Waals surface area contributed by atoms with E-state index in [0.717, 1.165) is 52.0 Å². The van der Waals surface area contributed by atoms with Crippen LogP contribution in [0.1, 0.15) is 50.8 Å². The fourth-order valence-electron chi connectivity index (χ4n) is 5.88. The fraction of sp³-hybridized carbons (Fsp3) is 0.438. The van der Waals surface area contributed by atoms with Crippen LogP contribution in [0.5, 0.6) is 0 Å². The standard InChI is InChI=1S/C32H38N8O3/c1-20-27(18-33-21(2)35-20)22-6-7-23-17-34-28(15-24(23)14-22)36-29-16-26-10-13-39(30(41)19-40(26)37-29)25-8-11-38(12-9-25)31(42)43-32(3,4)5/h6-7,14-18,25H,8-13,19H2,1-5H3,(H,34,36,37). The molecule has 0 aliphatic carbocycles. The van der Waals surface area contributed by atoms with E-state index in [1.54, 1.807) is 9.58 Å². The van der Waals surface area contributed by atoms with Gasteiger partial charge in [-0.25, -0.2) is 19.7 Å². The summed E-state index contributed by atoms with van der Waals surface area (Å²) in [6.45, 7) is 11.5. The number of pyridine rings is 1. The first kappa shape index (κ1) is 28.6. The number of piperidine rings is 1. The Morgan fingerprint density at radius 1 is 0.977 bits per heavy atom. The first-order valence-corrected chi connectivity index (χ1v) is 14.8. The zero-order valence-electron chi connectivity index (χ0n) is 25.4. The average Bonchev–Trinajstić information content (AvgIpc) is 3.25. The lowest BCUT2D eigenvalue weighted by atomic mass is 10.0. The molecule has 11 nitrogen and oxygen atoms in total.